The average molecular weight is 366 g/mol. The molecule has 6 rings (SSSR count). The molecule has 0 radical (unpaired) electrons. The molecule has 0 bridgehead atoms. The number of fused-ring (bicyclic) bond motifs is 1. The third-order valence-corrected chi connectivity index (χ3v) is 7.46. The molecule has 132 valence electrons. The highest BCUT2D eigenvalue weighted by Crippen LogP contribution is 2.78. The Hall–Kier alpha value is -2.07. The summed E-state index contributed by atoms with van der Waals surface area (Å²) in [4.78, 5) is 18.0. The van der Waals surface area contributed by atoms with E-state index in [0.717, 1.165) is 23.5 Å². The second-order valence-corrected chi connectivity index (χ2v) is 8.77. The van der Waals surface area contributed by atoms with E-state index in [1.165, 1.54) is 24.8 Å². The van der Waals surface area contributed by atoms with Gasteiger partial charge < -0.3 is 0 Å². The number of aryl methyl sites for hydroxylation is 1. The summed E-state index contributed by atoms with van der Waals surface area (Å²) in [7, 11) is 0. The molecule has 2 aromatic heterocycles. The molecule has 3 aromatic rings. The molecule has 3 saturated carbocycles. The van der Waals surface area contributed by atoms with Gasteiger partial charge in [-0.2, -0.15) is 0 Å². The third-order valence-electron chi connectivity index (χ3n) is 7.25. The first-order chi connectivity index (χ1) is 12.6. The minimum atomic E-state index is 0.0203. The number of imidazole rings is 1. The Morgan fingerprint density at radius 3 is 2.62 bits per heavy atom. The van der Waals surface area contributed by atoms with Crippen molar-refractivity contribution in [2.45, 2.75) is 38.6 Å². The summed E-state index contributed by atoms with van der Waals surface area (Å²) in [5.41, 5.74) is 4.19. The largest absolute Gasteiger partial charge is 0.335 e. The van der Waals surface area contributed by atoms with Crippen LogP contribution in [0.15, 0.2) is 41.2 Å². The van der Waals surface area contributed by atoms with Crippen LogP contribution in [0, 0.1) is 24.2 Å². The van der Waals surface area contributed by atoms with Gasteiger partial charge in [0.25, 0.3) is 0 Å². The fraction of sp³-hybridized carbons (Fsp3) is 0.429. The van der Waals surface area contributed by atoms with E-state index in [4.69, 9.17) is 11.6 Å². The molecule has 4 atom stereocenters. The Morgan fingerprint density at radius 2 is 2.00 bits per heavy atom. The molecule has 5 heteroatoms. The summed E-state index contributed by atoms with van der Waals surface area (Å²) < 4.78 is 3.76. The van der Waals surface area contributed by atoms with E-state index in [1.807, 2.05) is 41.8 Å². The molecule has 3 aliphatic carbocycles. The molecule has 0 saturated heterocycles. The van der Waals surface area contributed by atoms with Crippen LogP contribution in [0.4, 0.5) is 0 Å². The van der Waals surface area contributed by atoms with Crippen molar-refractivity contribution in [1.29, 1.82) is 0 Å². The number of nitrogens with zero attached hydrogens (tertiary/aromatic N) is 3. The van der Waals surface area contributed by atoms with Crippen molar-refractivity contribution >= 4 is 22.8 Å². The topological polar surface area (TPSA) is 39.8 Å². The maximum Gasteiger partial charge on any atom is 0.335 e. The number of aromatic nitrogens is 3. The minimum absolute atomic E-state index is 0.0203. The minimum Gasteiger partial charge on any atom is -0.287 e. The summed E-state index contributed by atoms with van der Waals surface area (Å²) in [6.07, 6.45) is 5.13. The molecule has 0 N–H and O–H groups in total. The van der Waals surface area contributed by atoms with Crippen LogP contribution in [-0.4, -0.2) is 14.1 Å². The summed E-state index contributed by atoms with van der Waals surface area (Å²) in [6, 6.07) is 12.1. The average Bonchev–Trinajstić information content (AvgIpc) is 3.27. The summed E-state index contributed by atoms with van der Waals surface area (Å²) in [6.45, 7) is 2.05. The lowest BCUT2D eigenvalue weighted by Crippen LogP contribution is -2.27. The second-order valence-electron chi connectivity index (χ2n) is 8.38. The highest BCUT2D eigenvalue weighted by atomic mass is 35.5. The third kappa shape index (κ3) is 1.76. The lowest BCUT2D eigenvalue weighted by atomic mass is 9.71. The van der Waals surface area contributed by atoms with Gasteiger partial charge in [0.05, 0.1) is 11.2 Å². The van der Waals surface area contributed by atoms with E-state index in [2.05, 4.69) is 4.98 Å². The van der Waals surface area contributed by atoms with Crippen LogP contribution in [0.2, 0.25) is 5.15 Å². The predicted molar refractivity (Wildman–Crippen MR) is 102 cm³/mol. The smallest absolute Gasteiger partial charge is 0.287 e. The zero-order valence-electron chi connectivity index (χ0n) is 14.7. The van der Waals surface area contributed by atoms with E-state index in [-0.39, 0.29) is 5.69 Å². The van der Waals surface area contributed by atoms with Gasteiger partial charge in [-0.15, -0.1) is 0 Å². The summed E-state index contributed by atoms with van der Waals surface area (Å²) >= 11 is 6.18. The van der Waals surface area contributed by atoms with Crippen LogP contribution in [-0.2, 0) is 0 Å². The second kappa shape index (κ2) is 4.80. The van der Waals surface area contributed by atoms with Crippen LogP contribution >= 0.6 is 11.6 Å². The predicted octanol–water partition coefficient (Wildman–Crippen LogP) is 4.51. The fourth-order valence-electron chi connectivity index (χ4n) is 5.76. The van der Waals surface area contributed by atoms with E-state index >= 15 is 0 Å². The van der Waals surface area contributed by atoms with Gasteiger partial charge in [0, 0.05) is 6.04 Å². The van der Waals surface area contributed by atoms with Crippen LogP contribution in [0.3, 0.4) is 0 Å². The highest BCUT2D eigenvalue weighted by Gasteiger charge is 2.71. The lowest BCUT2D eigenvalue weighted by molar-refractivity contribution is 0.163. The van der Waals surface area contributed by atoms with Crippen molar-refractivity contribution in [2.24, 2.45) is 17.3 Å². The molecule has 2 heterocycles. The Kier molecular flexibility index (Phi) is 2.78. The zero-order valence-corrected chi connectivity index (χ0v) is 15.4. The number of hydrogen-bond donors (Lipinski definition) is 0. The molecular formula is C21H20ClN3O. The van der Waals surface area contributed by atoms with Crippen molar-refractivity contribution < 1.29 is 0 Å². The van der Waals surface area contributed by atoms with Crippen LogP contribution in [0.5, 0.6) is 0 Å². The van der Waals surface area contributed by atoms with E-state index < -0.39 is 0 Å². The monoisotopic (exact) mass is 365 g/mol. The molecule has 3 aliphatic rings. The van der Waals surface area contributed by atoms with Crippen LogP contribution in [0.25, 0.3) is 16.9 Å². The van der Waals surface area contributed by atoms with Crippen molar-refractivity contribution in [1.82, 2.24) is 14.1 Å². The first kappa shape index (κ1) is 15.0. The molecule has 3 fully saturated rings. The first-order valence-electron chi connectivity index (χ1n) is 9.45. The Bertz CT molecular complexity index is 1110. The first-order valence-corrected chi connectivity index (χ1v) is 9.83. The number of halogens is 1. The maximum absolute atomic E-state index is 13.5. The Labute approximate surface area is 156 Å². The normalized spacial score (nSPS) is 31.5. The van der Waals surface area contributed by atoms with E-state index in [9.17, 15) is 4.79 Å². The summed E-state index contributed by atoms with van der Waals surface area (Å²) in [5.74, 6) is 1.49. The summed E-state index contributed by atoms with van der Waals surface area (Å²) in [5, 5.41) is 0.421. The molecule has 4 nitrogen and oxygen atoms in total. The maximum atomic E-state index is 13.5. The van der Waals surface area contributed by atoms with Crippen LogP contribution < -0.4 is 5.69 Å². The number of pyridine rings is 1. The number of hydrogen-bond acceptors (Lipinski definition) is 2. The van der Waals surface area contributed by atoms with Gasteiger partial charge in [0.15, 0.2) is 5.65 Å². The molecule has 0 amide bonds. The molecule has 0 aliphatic heterocycles. The molecule has 1 spiro atoms. The highest BCUT2D eigenvalue weighted by molar-refractivity contribution is 6.29. The Morgan fingerprint density at radius 1 is 1.19 bits per heavy atom. The Balaban J connectivity index is 1.60. The standard InChI is InChI=1S/C21H20ClN3O/c1-12-2-4-14(5-3-12)24-19-16(6-7-18(22)23-19)25(20(24)26)17-10-13-8-9-21(13)11-15(17)21/h2-7,13,15,17H,8-11H2,1H3. The fourth-order valence-corrected chi connectivity index (χ4v) is 5.90. The van der Waals surface area contributed by atoms with Crippen molar-refractivity contribution in [3.05, 3.63) is 57.6 Å². The van der Waals surface area contributed by atoms with Gasteiger partial charge in [-0.3, -0.25) is 4.57 Å². The van der Waals surface area contributed by atoms with E-state index in [1.54, 1.807) is 10.6 Å². The molecule has 26 heavy (non-hydrogen) atoms. The SMILES string of the molecule is Cc1ccc(-n2c(=O)n(C3CC4CCC45CC35)c3ccc(Cl)nc32)cc1. The van der Waals surface area contributed by atoms with Gasteiger partial charge in [-0.1, -0.05) is 29.3 Å². The molecule has 1 aromatic carbocycles. The van der Waals surface area contributed by atoms with Gasteiger partial charge >= 0.3 is 5.69 Å². The van der Waals surface area contributed by atoms with Gasteiger partial charge in [-0.05, 0) is 74.1 Å². The number of benzene rings is 1. The van der Waals surface area contributed by atoms with Crippen molar-refractivity contribution in [2.75, 3.05) is 0 Å². The zero-order chi connectivity index (χ0) is 17.6. The van der Waals surface area contributed by atoms with Gasteiger partial charge in [0.2, 0.25) is 0 Å². The number of rotatable bonds is 2. The lowest BCUT2D eigenvalue weighted by Gasteiger charge is -2.33. The van der Waals surface area contributed by atoms with Crippen LogP contribution in [0.1, 0.15) is 37.3 Å². The molecule has 4 unspecified atom stereocenters. The van der Waals surface area contributed by atoms with Crippen molar-refractivity contribution in [3.8, 4) is 5.69 Å². The quantitative estimate of drug-likeness (QED) is 0.627. The van der Waals surface area contributed by atoms with Gasteiger partial charge in [-0.25, -0.2) is 14.3 Å². The van der Waals surface area contributed by atoms with Gasteiger partial charge in [0.1, 0.15) is 5.15 Å². The molecular weight excluding hydrogens is 346 g/mol. The van der Waals surface area contributed by atoms with Crippen molar-refractivity contribution in [3.63, 3.8) is 0 Å². The van der Waals surface area contributed by atoms with E-state index in [0.29, 0.717) is 28.2 Å².